The molecule has 0 bridgehead atoms. The first-order valence-electron chi connectivity index (χ1n) is 3.38. The van der Waals surface area contributed by atoms with Gasteiger partial charge in [-0.25, -0.2) is 0 Å². The van der Waals surface area contributed by atoms with Crippen LogP contribution >= 0.6 is 0 Å². The molecular formula is C6H12N4O. The molecule has 2 N–H and O–H groups in total. The van der Waals surface area contributed by atoms with E-state index in [0.29, 0.717) is 24.8 Å². The minimum Gasteiger partial charge on any atom is -0.338 e. The maximum atomic E-state index is 5.28. The maximum Gasteiger partial charge on any atom is 0.240 e. The van der Waals surface area contributed by atoms with Crippen LogP contribution in [0.5, 0.6) is 0 Å². The maximum absolute atomic E-state index is 5.28. The van der Waals surface area contributed by atoms with Crippen LogP contribution in [0.3, 0.4) is 0 Å². The second kappa shape index (κ2) is 3.45. The second-order valence-corrected chi connectivity index (χ2v) is 2.55. The van der Waals surface area contributed by atoms with Gasteiger partial charge in [-0.15, -0.1) is 0 Å². The Morgan fingerprint density at radius 2 is 2.27 bits per heavy atom. The monoisotopic (exact) mass is 156 g/mol. The van der Waals surface area contributed by atoms with Crippen LogP contribution in [0.1, 0.15) is 11.7 Å². The molecule has 0 aliphatic heterocycles. The Morgan fingerprint density at radius 1 is 1.55 bits per heavy atom. The van der Waals surface area contributed by atoms with Crippen molar-refractivity contribution in [2.24, 2.45) is 5.73 Å². The van der Waals surface area contributed by atoms with Crippen LogP contribution in [-0.2, 0) is 13.1 Å². The van der Waals surface area contributed by atoms with Crippen molar-refractivity contribution in [2.45, 2.75) is 13.1 Å². The van der Waals surface area contributed by atoms with Crippen LogP contribution in [0.25, 0.3) is 0 Å². The summed E-state index contributed by atoms with van der Waals surface area (Å²) in [6, 6.07) is 0. The summed E-state index contributed by atoms with van der Waals surface area (Å²) < 4.78 is 4.80. The molecule has 0 spiro atoms. The fourth-order valence-electron chi connectivity index (χ4n) is 0.720. The zero-order chi connectivity index (χ0) is 8.27. The highest BCUT2D eigenvalue weighted by Gasteiger charge is 2.03. The largest absolute Gasteiger partial charge is 0.338 e. The van der Waals surface area contributed by atoms with Gasteiger partial charge in [-0.3, -0.25) is 0 Å². The molecule has 0 aliphatic rings. The topological polar surface area (TPSA) is 68.2 Å². The van der Waals surface area contributed by atoms with Gasteiger partial charge in [0.1, 0.15) is 0 Å². The highest BCUT2D eigenvalue weighted by atomic mass is 16.5. The minimum absolute atomic E-state index is 0.306. The minimum atomic E-state index is 0.306. The van der Waals surface area contributed by atoms with Crippen molar-refractivity contribution in [3.63, 3.8) is 0 Å². The molecular weight excluding hydrogens is 144 g/mol. The Hall–Kier alpha value is -0.940. The quantitative estimate of drug-likeness (QED) is 0.644. The van der Waals surface area contributed by atoms with Crippen molar-refractivity contribution in [3.8, 4) is 0 Å². The van der Waals surface area contributed by atoms with E-state index >= 15 is 0 Å². The van der Waals surface area contributed by atoms with Crippen molar-refractivity contribution >= 4 is 0 Å². The van der Waals surface area contributed by atoms with Gasteiger partial charge in [-0.2, -0.15) is 4.98 Å². The van der Waals surface area contributed by atoms with E-state index in [-0.39, 0.29) is 0 Å². The van der Waals surface area contributed by atoms with Crippen LogP contribution in [0.2, 0.25) is 0 Å². The molecule has 0 radical (unpaired) electrons. The van der Waals surface area contributed by atoms with E-state index in [2.05, 4.69) is 10.1 Å². The summed E-state index contributed by atoms with van der Waals surface area (Å²) in [5, 5.41) is 3.72. The Morgan fingerprint density at radius 3 is 2.73 bits per heavy atom. The molecule has 1 aromatic heterocycles. The van der Waals surface area contributed by atoms with E-state index in [1.54, 1.807) is 0 Å². The molecule has 0 fully saturated rings. The lowest BCUT2D eigenvalue weighted by atomic mass is 10.5. The first-order chi connectivity index (χ1) is 5.22. The Kier molecular flexibility index (Phi) is 2.56. The summed E-state index contributed by atoms with van der Waals surface area (Å²) in [5.41, 5.74) is 5.28. The molecule has 1 heterocycles. The number of rotatable bonds is 3. The van der Waals surface area contributed by atoms with Crippen LogP contribution in [0.15, 0.2) is 4.52 Å². The Balaban J connectivity index is 2.58. The first kappa shape index (κ1) is 8.16. The lowest BCUT2D eigenvalue weighted by Crippen LogP contribution is -2.11. The molecule has 0 aromatic carbocycles. The van der Waals surface area contributed by atoms with Gasteiger partial charge in [-0.1, -0.05) is 5.16 Å². The fourth-order valence-corrected chi connectivity index (χ4v) is 0.720. The van der Waals surface area contributed by atoms with E-state index in [9.17, 15) is 0 Å². The third kappa shape index (κ3) is 2.28. The van der Waals surface area contributed by atoms with Crippen LogP contribution < -0.4 is 5.73 Å². The lowest BCUT2D eigenvalue weighted by molar-refractivity contribution is 0.349. The molecule has 0 saturated heterocycles. The van der Waals surface area contributed by atoms with Gasteiger partial charge in [-0.05, 0) is 14.1 Å². The average molecular weight is 156 g/mol. The molecule has 0 aliphatic carbocycles. The van der Waals surface area contributed by atoms with Crippen molar-refractivity contribution < 1.29 is 4.52 Å². The molecule has 62 valence electrons. The summed E-state index contributed by atoms with van der Waals surface area (Å²) >= 11 is 0. The van der Waals surface area contributed by atoms with Gasteiger partial charge in [0.2, 0.25) is 5.89 Å². The summed E-state index contributed by atoms with van der Waals surface area (Å²) in [6.07, 6.45) is 0. The van der Waals surface area contributed by atoms with Gasteiger partial charge in [0.15, 0.2) is 5.82 Å². The van der Waals surface area contributed by atoms with E-state index in [0.717, 1.165) is 0 Å². The van der Waals surface area contributed by atoms with E-state index in [4.69, 9.17) is 10.3 Å². The predicted octanol–water partition coefficient (Wildman–Crippen LogP) is -0.410. The number of hydrogen-bond acceptors (Lipinski definition) is 5. The predicted molar refractivity (Wildman–Crippen MR) is 39.6 cm³/mol. The molecule has 5 heteroatoms. The molecule has 5 nitrogen and oxygen atoms in total. The molecule has 1 aromatic rings. The SMILES string of the molecule is CN(C)Cc1noc(CN)n1. The Labute approximate surface area is 65.2 Å². The van der Waals surface area contributed by atoms with Crippen LogP contribution in [-0.4, -0.2) is 29.1 Å². The van der Waals surface area contributed by atoms with Gasteiger partial charge in [0.25, 0.3) is 0 Å². The third-order valence-corrected chi connectivity index (χ3v) is 1.14. The lowest BCUT2D eigenvalue weighted by Gasteiger charge is -2.03. The Bertz CT molecular complexity index is 220. The van der Waals surface area contributed by atoms with Crippen molar-refractivity contribution in [3.05, 3.63) is 11.7 Å². The molecule has 11 heavy (non-hydrogen) atoms. The average Bonchev–Trinajstić information content (AvgIpc) is 2.34. The number of nitrogens with two attached hydrogens (primary N) is 1. The summed E-state index contributed by atoms with van der Waals surface area (Å²) in [6.45, 7) is 0.990. The van der Waals surface area contributed by atoms with Gasteiger partial charge in [0, 0.05) is 0 Å². The van der Waals surface area contributed by atoms with E-state index < -0.39 is 0 Å². The molecule has 0 atom stereocenters. The molecule has 0 saturated carbocycles. The van der Waals surface area contributed by atoms with Gasteiger partial charge >= 0.3 is 0 Å². The van der Waals surface area contributed by atoms with Gasteiger partial charge in [0.05, 0.1) is 13.1 Å². The zero-order valence-corrected chi connectivity index (χ0v) is 6.74. The van der Waals surface area contributed by atoms with E-state index in [1.165, 1.54) is 0 Å². The normalized spacial score (nSPS) is 10.9. The summed E-state index contributed by atoms with van der Waals surface area (Å²) in [4.78, 5) is 5.99. The standard InChI is InChI=1S/C6H12N4O/c1-10(2)4-5-8-6(3-7)11-9-5/h3-4,7H2,1-2H3. The van der Waals surface area contributed by atoms with E-state index in [1.807, 2.05) is 19.0 Å². The number of hydrogen-bond donors (Lipinski definition) is 1. The third-order valence-electron chi connectivity index (χ3n) is 1.14. The smallest absolute Gasteiger partial charge is 0.240 e. The first-order valence-corrected chi connectivity index (χ1v) is 3.38. The molecule has 0 unspecified atom stereocenters. The summed E-state index contributed by atoms with van der Waals surface area (Å²) in [7, 11) is 3.89. The second-order valence-electron chi connectivity index (χ2n) is 2.55. The zero-order valence-electron chi connectivity index (χ0n) is 6.74. The van der Waals surface area contributed by atoms with Crippen molar-refractivity contribution in [1.29, 1.82) is 0 Å². The number of nitrogens with zero attached hydrogens (tertiary/aromatic N) is 3. The highest BCUT2D eigenvalue weighted by molar-refractivity contribution is 4.84. The van der Waals surface area contributed by atoms with Crippen LogP contribution in [0.4, 0.5) is 0 Å². The van der Waals surface area contributed by atoms with Crippen molar-refractivity contribution in [2.75, 3.05) is 14.1 Å². The molecule has 1 rings (SSSR count). The fraction of sp³-hybridized carbons (Fsp3) is 0.667. The number of aromatic nitrogens is 2. The van der Waals surface area contributed by atoms with Gasteiger partial charge < -0.3 is 15.2 Å². The van der Waals surface area contributed by atoms with Crippen LogP contribution in [0, 0.1) is 0 Å². The molecule has 0 amide bonds. The highest BCUT2D eigenvalue weighted by Crippen LogP contribution is 1.97. The van der Waals surface area contributed by atoms with Crippen molar-refractivity contribution in [1.82, 2.24) is 15.0 Å². The summed E-state index contributed by atoms with van der Waals surface area (Å²) in [5.74, 6) is 1.16.